The van der Waals surface area contributed by atoms with Crippen LogP contribution in [0, 0.1) is 0 Å². The molecule has 0 fully saturated rings. The van der Waals surface area contributed by atoms with Gasteiger partial charge in [-0.25, -0.2) is 13.1 Å². The average Bonchev–Trinajstić information content (AvgIpc) is 2.53. The van der Waals surface area contributed by atoms with Gasteiger partial charge in [-0.05, 0) is 45.0 Å². The van der Waals surface area contributed by atoms with E-state index in [0.717, 1.165) is 0 Å². The average molecular weight is 385 g/mol. The summed E-state index contributed by atoms with van der Waals surface area (Å²) < 4.78 is 31.9. The fourth-order valence-corrected chi connectivity index (χ4v) is 3.50. The van der Waals surface area contributed by atoms with Crippen LogP contribution in [0.5, 0.6) is 0 Å². The molecule has 0 spiro atoms. The quantitative estimate of drug-likeness (QED) is 0.648. The second-order valence-corrected chi connectivity index (χ2v) is 8.10. The molecule has 0 saturated carbocycles. The Morgan fingerprint density at radius 1 is 1.15 bits per heavy atom. The highest BCUT2D eigenvalue weighted by Gasteiger charge is 2.19. The molecular formula is C17H27N3O5S. The third-order valence-corrected chi connectivity index (χ3v) is 4.97. The van der Waals surface area contributed by atoms with E-state index in [1.54, 1.807) is 6.92 Å². The van der Waals surface area contributed by atoms with E-state index in [-0.39, 0.29) is 41.9 Å². The Balaban J connectivity index is 2.80. The molecule has 2 N–H and O–H groups in total. The van der Waals surface area contributed by atoms with Crippen LogP contribution in [0.25, 0.3) is 0 Å². The number of amides is 2. The predicted molar refractivity (Wildman–Crippen MR) is 98.3 cm³/mol. The summed E-state index contributed by atoms with van der Waals surface area (Å²) in [6.45, 7) is 5.53. The molecule has 8 nitrogen and oxygen atoms in total. The van der Waals surface area contributed by atoms with Crippen molar-refractivity contribution in [3.8, 4) is 0 Å². The summed E-state index contributed by atoms with van der Waals surface area (Å²) in [6.07, 6.45) is 0. The molecule has 0 aromatic heterocycles. The predicted octanol–water partition coefficient (Wildman–Crippen LogP) is 0.596. The Labute approximate surface area is 155 Å². The lowest BCUT2D eigenvalue weighted by atomic mass is 10.2. The summed E-state index contributed by atoms with van der Waals surface area (Å²) in [5, 5.41) is 2.71. The van der Waals surface area contributed by atoms with Gasteiger partial charge in [0, 0.05) is 31.8 Å². The number of hydrogen-bond donors (Lipinski definition) is 2. The van der Waals surface area contributed by atoms with Crippen molar-refractivity contribution in [2.24, 2.45) is 0 Å². The third kappa shape index (κ3) is 6.74. The van der Waals surface area contributed by atoms with Crippen molar-refractivity contribution in [2.75, 3.05) is 27.3 Å². The Hall–Kier alpha value is -1.97. The van der Waals surface area contributed by atoms with E-state index in [9.17, 15) is 18.0 Å². The van der Waals surface area contributed by atoms with E-state index in [1.807, 2.05) is 13.8 Å². The van der Waals surface area contributed by atoms with E-state index >= 15 is 0 Å². The molecule has 2 amide bonds. The molecule has 0 heterocycles. The number of nitrogens with one attached hydrogen (secondary N) is 2. The Morgan fingerprint density at radius 2 is 1.73 bits per heavy atom. The number of carbonyl (C=O) groups excluding carboxylic acids is 2. The second-order valence-electron chi connectivity index (χ2n) is 6.39. The summed E-state index contributed by atoms with van der Waals surface area (Å²) in [5.41, 5.74) is 0.300. The smallest absolute Gasteiger partial charge is 0.254 e. The molecule has 0 aliphatic heterocycles. The number of carbonyl (C=O) groups is 2. The minimum absolute atomic E-state index is 0.0107. The molecule has 1 atom stereocenters. The van der Waals surface area contributed by atoms with Crippen LogP contribution in [-0.2, 0) is 19.6 Å². The lowest BCUT2D eigenvalue weighted by Gasteiger charge is -2.18. The number of benzene rings is 1. The zero-order chi connectivity index (χ0) is 19.9. The molecule has 1 rings (SSSR count). The largest absolute Gasteiger partial charge is 0.383 e. The first-order valence-electron chi connectivity index (χ1n) is 8.23. The highest BCUT2D eigenvalue weighted by atomic mass is 32.2. The van der Waals surface area contributed by atoms with E-state index in [1.165, 1.54) is 43.3 Å². The molecule has 0 bridgehead atoms. The molecule has 1 aromatic rings. The molecular weight excluding hydrogens is 358 g/mol. The molecule has 0 aliphatic rings. The van der Waals surface area contributed by atoms with Crippen molar-refractivity contribution in [2.45, 2.75) is 37.8 Å². The zero-order valence-corrected chi connectivity index (χ0v) is 16.6. The first-order chi connectivity index (χ1) is 12.1. The molecule has 1 aromatic carbocycles. The Bertz CT molecular complexity index is 716. The van der Waals surface area contributed by atoms with Crippen LogP contribution < -0.4 is 10.0 Å². The van der Waals surface area contributed by atoms with Crippen molar-refractivity contribution < 1.29 is 22.7 Å². The van der Waals surface area contributed by atoms with Gasteiger partial charge >= 0.3 is 0 Å². The number of ether oxygens (including phenoxy) is 1. The van der Waals surface area contributed by atoms with Crippen molar-refractivity contribution in [1.82, 2.24) is 14.9 Å². The second kappa shape index (κ2) is 9.65. The van der Waals surface area contributed by atoms with Crippen molar-refractivity contribution in [3.05, 3.63) is 29.8 Å². The van der Waals surface area contributed by atoms with Crippen molar-refractivity contribution >= 4 is 21.8 Å². The highest BCUT2D eigenvalue weighted by Crippen LogP contribution is 2.12. The standard InChI is InChI=1S/C17H27N3O5S/c1-12(2)18-16(21)10-20(4)17(22)14-6-8-15(9-7-14)26(23,24)19-13(3)11-25-5/h6-9,12-13,19H,10-11H2,1-5H3,(H,18,21)/t13-/m0/s1. The summed E-state index contributed by atoms with van der Waals surface area (Å²) in [4.78, 5) is 25.4. The molecule has 9 heteroatoms. The number of rotatable bonds is 9. The minimum atomic E-state index is -3.70. The maximum atomic E-state index is 12.4. The van der Waals surface area contributed by atoms with Gasteiger partial charge in [-0.1, -0.05) is 0 Å². The van der Waals surface area contributed by atoms with Crippen LogP contribution in [-0.4, -0.2) is 64.5 Å². The number of hydrogen-bond acceptors (Lipinski definition) is 5. The monoisotopic (exact) mass is 385 g/mol. The number of nitrogens with zero attached hydrogens (tertiary/aromatic N) is 1. The van der Waals surface area contributed by atoms with Gasteiger partial charge in [0.1, 0.15) is 0 Å². The Kier molecular flexibility index (Phi) is 8.19. The summed E-state index contributed by atoms with van der Waals surface area (Å²) in [6, 6.07) is 5.18. The van der Waals surface area contributed by atoms with Crippen LogP contribution in [0.1, 0.15) is 31.1 Å². The van der Waals surface area contributed by atoms with Crippen LogP contribution in [0.3, 0.4) is 0 Å². The van der Waals surface area contributed by atoms with Crippen molar-refractivity contribution in [3.63, 3.8) is 0 Å². The first-order valence-corrected chi connectivity index (χ1v) is 9.71. The van der Waals surface area contributed by atoms with Crippen molar-refractivity contribution in [1.29, 1.82) is 0 Å². The third-order valence-electron chi connectivity index (χ3n) is 3.36. The van der Waals surface area contributed by atoms with Gasteiger partial charge in [0.15, 0.2) is 0 Å². The van der Waals surface area contributed by atoms with Gasteiger partial charge in [-0.3, -0.25) is 9.59 Å². The molecule has 0 aliphatic carbocycles. The van der Waals surface area contributed by atoms with Crippen LogP contribution in [0.2, 0.25) is 0 Å². The fraction of sp³-hybridized carbons (Fsp3) is 0.529. The topological polar surface area (TPSA) is 105 Å². The van der Waals surface area contributed by atoms with E-state index in [0.29, 0.717) is 5.56 Å². The maximum Gasteiger partial charge on any atom is 0.254 e. The van der Waals surface area contributed by atoms with E-state index < -0.39 is 10.0 Å². The van der Waals surface area contributed by atoms with E-state index in [2.05, 4.69) is 10.0 Å². The lowest BCUT2D eigenvalue weighted by Crippen LogP contribution is -2.40. The van der Waals surface area contributed by atoms with Gasteiger partial charge in [0.05, 0.1) is 18.0 Å². The fourth-order valence-electron chi connectivity index (χ4n) is 2.27. The van der Waals surface area contributed by atoms with Gasteiger partial charge in [0.25, 0.3) is 5.91 Å². The normalized spacial score (nSPS) is 12.7. The minimum Gasteiger partial charge on any atom is -0.383 e. The van der Waals surface area contributed by atoms with Crippen LogP contribution in [0.4, 0.5) is 0 Å². The summed E-state index contributed by atoms with van der Waals surface area (Å²) in [5.74, 6) is -0.625. The molecule has 0 saturated heterocycles. The molecule has 26 heavy (non-hydrogen) atoms. The highest BCUT2D eigenvalue weighted by molar-refractivity contribution is 7.89. The number of methoxy groups -OCH3 is 1. The SMILES string of the molecule is COC[C@H](C)NS(=O)(=O)c1ccc(C(=O)N(C)CC(=O)NC(C)C)cc1. The number of sulfonamides is 1. The van der Waals surface area contributed by atoms with Gasteiger partial charge in [-0.15, -0.1) is 0 Å². The number of likely N-dealkylation sites (N-methyl/N-ethyl adjacent to an activating group) is 1. The zero-order valence-electron chi connectivity index (χ0n) is 15.8. The lowest BCUT2D eigenvalue weighted by molar-refractivity contribution is -0.122. The Morgan fingerprint density at radius 3 is 2.23 bits per heavy atom. The van der Waals surface area contributed by atoms with Crippen LogP contribution >= 0.6 is 0 Å². The van der Waals surface area contributed by atoms with Gasteiger partial charge in [-0.2, -0.15) is 0 Å². The maximum absolute atomic E-state index is 12.4. The van der Waals surface area contributed by atoms with E-state index in [4.69, 9.17) is 4.74 Å². The summed E-state index contributed by atoms with van der Waals surface area (Å²) >= 11 is 0. The molecule has 0 radical (unpaired) electrons. The van der Waals surface area contributed by atoms with Crippen LogP contribution in [0.15, 0.2) is 29.2 Å². The van der Waals surface area contributed by atoms with Gasteiger partial charge < -0.3 is 15.0 Å². The van der Waals surface area contributed by atoms with Gasteiger partial charge in [0.2, 0.25) is 15.9 Å². The molecule has 146 valence electrons. The summed E-state index contributed by atoms with van der Waals surface area (Å²) in [7, 11) is -0.692. The molecule has 0 unspecified atom stereocenters. The first kappa shape index (κ1) is 22.1.